The van der Waals surface area contributed by atoms with E-state index in [-0.39, 0.29) is 6.04 Å². The van der Waals surface area contributed by atoms with Gasteiger partial charge in [0.2, 0.25) is 0 Å². The predicted octanol–water partition coefficient (Wildman–Crippen LogP) is 1.93. The summed E-state index contributed by atoms with van der Waals surface area (Å²) in [5.41, 5.74) is 4.98. The Morgan fingerprint density at radius 2 is 2.18 bits per heavy atom. The summed E-state index contributed by atoms with van der Waals surface area (Å²) >= 11 is 0. The molecule has 1 rings (SSSR count). The van der Waals surface area contributed by atoms with Gasteiger partial charge in [0.1, 0.15) is 5.75 Å². The molecule has 17 heavy (non-hydrogen) atoms. The topological polar surface area (TPSA) is 56.5 Å². The Morgan fingerprint density at radius 1 is 1.41 bits per heavy atom. The summed E-state index contributed by atoms with van der Waals surface area (Å²) in [6, 6.07) is 5.99. The number of nitrogens with one attached hydrogen (secondary N) is 1. The third-order valence-corrected chi connectivity index (χ3v) is 2.59. The van der Waals surface area contributed by atoms with Crippen LogP contribution in [-0.2, 0) is 4.74 Å². The Hall–Kier alpha value is -1.10. The average Bonchev–Trinajstić information content (AvgIpc) is 2.35. The Labute approximate surface area is 103 Å². The molecule has 0 radical (unpaired) electrons. The molecule has 0 aromatic heterocycles. The minimum atomic E-state index is -0.0450. The minimum absolute atomic E-state index is 0.0450. The van der Waals surface area contributed by atoms with E-state index in [0.717, 1.165) is 24.3 Å². The first-order chi connectivity index (χ1) is 8.22. The van der Waals surface area contributed by atoms with Gasteiger partial charge in [-0.15, -0.1) is 0 Å². The molecule has 3 N–H and O–H groups in total. The summed E-state index contributed by atoms with van der Waals surface area (Å²) in [5, 5.41) is 0. The number of methoxy groups -OCH3 is 1. The summed E-state index contributed by atoms with van der Waals surface area (Å²) in [4.78, 5) is 0. The second kappa shape index (κ2) is 7.27. The van der Waals surface area contributed by atoms with E-state index in [1.807, 2.05) is 19.1 Å². The van der Waals surface area contributed by atoms with Crippen LogP contribution in [0.4, 0.5) is 0 Å². The van der Waals surface area contributed by atoms with Crippen molar-refractivity contribution >= 4 is 0 Å². The van der Waals surface area contributed by atoms with Gasteiger partial charge in [-0.25, -0.2) is 0 Å². The molecule has 0 aliphatic carbocycles. The van der Waals surface area contributed by atoms with E-state index in [4.69, 9.17) is 15.3 Å². The molecule has 0 saturated heterocycles. The second-order valence-corrected chi connectivity index (χ2v) is 4.04. The first-order valence-corrected chi connectivity index (χ1v) is 5.91. The standard InChI is InChI=1S/C13H22N2O2/c1-4-7-17-9-12(15-14)11-8-10(2)5-6-13(11)16-3/h5-6,8,12,15H,4,7,9,14H2,1-3H3. The van der Waals surface area contributed by atoms with Gasteiger partial charge in [-0.05, 0) is 19.4 Å². The van der Waals surface area contributed by atoms with Gasteiger partial charge in [0.25, 0.3) is 0 Å². The number of nitrogens with two attached hydrogens (primary N) is 1. The summed E-state index contributed by atoms with van der Waals surface area (Å²) in [7, 11) is 1.66. The van der Waals surface area contributed by atoms with E-state index >= 15 is 0 Å². The molecule has 0 heterocycles. The largest absolute Gasteiger partial charge is 0.496 e. The van der Waals surface area contributed by atoms with Crippen LogP contribution >= 0.6 is 0 Å². The number of aryl methyl sites for hydroxylation is 1. The van der Waals surface area contributed by atoms with Crippen molar-refractivity contribution in [1.82, 2.24) is 5.43 Å². The van der Waals surface area contributed by atoms with Gasteiger partial charge in [-0.2, -0.15) is 0 Å². The molecule has 0 bridgehead atoms. The Bertz CT molecular complexity index is 342. The third kappa shape index (κ3) is 4.00. The number of rotatable bonds is 7. The maximum atomic E-state index is 5.58. The number of benzene rings is 1. The van der Waals surface area contributed by atoms with Gasteiger partial charge >= 0.3 is 0 Å². The predicted molar refractivity (Wildman–Crippen MR) is 68.9 cm³/mol. The van der Waals surface area contributed by atoms with Crippen molar-refractivity contribution in [3.05, 3.63) is 29.3 Å². The maximum Gasteiger partial charge on any atom is 0.123 e. The number of hydrogen-bond acceptors (Lipinski definition) is 4. The van der Waals surface area contributed by atoms with Crippen LogP contribution < -0.4 is 16.0 Å². The van der Waals surface area contributed by atoms with Gasteiger partial charge in [-0.1, -0.05) is 24.6 Å². The van der Waals surface area contributed by atoms with Crippen LogP contribution in [0.15, 0.2) is 18.2 Å². The van der Waals surface area contributed by atoms with Crippen LogP contribution in [0.5, 0.6) is 5.75 Å². The lowest BCUT2D eigenvalue weighted by atomic mass is 10.0. The molecule has 0 spiro atoms. The molecule has 0 aliphatic heterocycles. The molecule has 4 nitrogen and oxygen atoms in total. The lowest BCUT2D eigenvalue weighted by Crippen LogP contribution is -2.31. The smallest absolute Gasteiger partial charge is 0.123 e. The molecule has 1 aromatic carbocycles. The highest BCUT2D eigenvalue weighted by molar-refractivity contribution is 5.39. The number of ether oxygens (including phenoxy) is 2. The zero-order chi connectivity index (χ0) is 12.7. The molecule has 0 saturated carbocycles. The molecule has 1 unspecified atom stereocenters. The average molecular weight is 238 g/mol. The Balaban J connectivity index is 2.82. The maximum absolute atomic E-state index is 5.58. The summed E-state index contributed by atoms with van der Waals surface area (Å²) in [6.07, 6.45) is 1.00. The molecular weight excluding hydrogens is 216 g/mol. The zero-order valence-corrected chi connectivity index (χ0v) is 10.8. The van der Waals surface area contributed by atoms with Crippen molar-refractivity contribution in [1.29, 1.82) is 0 Å². The van der Waals surface area contributed by atoms with Crippen LogP contribution in [-0.4, -0.2) is 20.3 Å². The number of hydrazine groups is 1. The zero-order valence-electron chi connectivity index (χ0n) is 10.8. The van der Waals surface area contributed by atoms with Crippen molar-refractivity contribution in [2.45, 2.75) is 26.3 Å². The highest BCUT2D eigenvalue weighted by Gasteiger charge is 2.15. The van der Waals surface area contributed by atoms with Crippen LogP contribution in [0.25, 0.3) is 0 Å². The molecule has 1 atom stereocenters. The lowest BCUT2D eigenvalue weighted by molar-refractivity contribution is 0.111. The minimum Gasteiger partial charge on any atom is -0.496 e. The molecule has 0 aliphatic rings. The van der Waals surface area contributed by atoms with Crippen LogP contribution in [0.1, 0.15) is 30.5 Å². The lowest BCUT2D eigenvalue weighted by Gasteiger charge is -2.19. The van der Waals surface area contributed by atoms with Crippen molar-refractivity contribution in [2.24, 2.45) is 5.84 Å². The first-order valence-electron chi connectivity index (χ1n) is 5.91. The quantitative estimate of drug-likeness (QED) is 0.433. The van der Waals surface area contributed by atoms with E-state index in [1.54, 1.807) is 7.11 Å². The van der Waals surface area contributed by atoms with E-state index in [0.29, 0.717) is 6.61 Å². The summed E-state index contributed by atoms with van der Waals surface area (Å²) < 4.78 is 10.9. The van der Waals surface area contributed by atoms with E-state index in [1.165, 1.54) is 5.56 Å². The fraction of sp³-hybridized carbons (Fsp3) is 0.538. The molecule has 0 amide bonds. The monoisotopic (exact) mass is 238 g/mol. The van der Waals surface area contributed by atoms with Gasteiger partial charge < -0.3 is 9.47 Å². The van der Waals surface area contributed by atoms with Gasteiger partial charge in [0.15, 0.2) is 0 Å². The van der Waals surface area contributed by atoms with Crippen LogP contribution in [0, 0.1) is 6.92 Å². The fourth-order valence-corrected chi connectivity index (χ4v) is 1.70. The Morgan fingerprint density at radius 3 is 2.76 bits per heavy atom. The first kappa shape index (κ1) is 14.0. The normalized spacial score (nSPS) is 12.5. The summed E-state index contributed by atoms with van der Waals surface area (Å²) in [6.45, 7) is 5.41. The van der Waals surface area contributed by atoms with Gasteiger partial charge in [0, 0.05) is 12.2 Å². The fourth-order valence-electron chi connectivity index (χ4n) is 1.70. The SMILES string of the molecule is CCCOCC(NN)c1cc(C)ccc1OC. The summed E-state index contributed by atoms with van der Waals surface area (Å²) in [5.74, 6) is 6.41. The van der Waals surface area contributed by atoms with E-state index in [9.17, 15) is 0 Å². The Kier molecular flexibility index (Phi) is 5.97. The van der Waals surface area contributed by atoms with Crippen molar-refractivity contribution < 1.29 is 9.47 Å². The molecule has 1 aromatic rings. The highest BCUT2D eigenvalue weighted by Crippen LogP contribution is 2.26. The van der Waals surface area contributed by atoms with Gasteiger partial charge in [-0.3, -0.25) is 11.3 Å². The molecule has 96 valence electrons. The van der Waals surface area contributed by atoms with E-state index in [2.05, 4.69) is 18.4 Å². The van der Waals surface area contributed by atoms with Crippen LogP contribution in [0.2, 0.25) is 0 Å². The second-order valence-electron chi connectivity index (χ2n) is 4.04. The molecular formula is C13H22N2O2. The third-order valence-electron chi connectivity index (χ3n) is 2.59. The molecule has 0 fully saturated rings. The highest BCUT2D eigenvalue weighted by atomic mass is 16.5. The van der Waals surface area contributed by atoms with Crippen molar-refractivity contribution in [3.63, 3.8) is 0 Å². The molecule has 4 heteroatoms. The number of hydrogen-bond donors (Lipinski definition) is 2. The van der Waals surface area contributed by atoms with Crippen molar-refractivity contribution in [3.8, 4) is 5.75 Å². The van der Waals surface area contributed by atoms with Crippen molar-refractivity contribution in [2.75, 3.05) is 20.3 Å². The van der Waals surface area contributed by atoms with Crippen LogP contribution in [0.3, 0.4) is 0 Å². The van der Waals surface area contributed by atoms with Gasteiger partial charge in [0.05, 0.1) is 19.8 Å². The van der Waals surface area contributed by atoms with E-state index < -0.39 is 0 Å².